The molecule has 1 aromatic carbocycles. The van der Waals surface area contributed by atoms with Gasteiger partial charge < -0.3 is 5.32 Å². The fourth-order valence-corrected chi connectivity index (χ4v) is 2.90. The topological polar surface area (TPSA) is 55.2 Å². The van der Waals surface area contributed by atoms with E-state index >= 15 is 0 Å². The highest BCUT2D eigenvalue weighted by molar-refractivity contribution is 7.99. The number of rotatable bonds is 6. The molecule has 92 valence electrons. The molecule has 1 fully saturated rings. The minimum absolute atomic E-state index is 0.249. The molecule has 4 nitrogen and oxygen atoms in total. The number of nitrogens with one attached hydrogen (secondary N) is 1. The Labute approximate surface area is 105 Å². The summed E-state index contributed by atoms with van der Waals surface area (Å²) in [4.78, 5) is 10.5. The van der Waals surface area contributed by atoms with Gasteiger partial charge in [-0.1, -0.05) is 18.2 Å². The van der Waals surface area contributed by atoms with E-state index in [1.54, 1.807) is 12.1 Å². The van der Waals surface area contributed by atoms with Crippen LogP contribution in [-0.2, 0) is 6.42 Å². The molecule has 0 atom stereocenters. The Morgan fingerprint density at radius 3 is 2.82 bits per heavy atom. The molecular formula is C12H16N2O2S. The molecule has 1 aliphatic heterocycles. The lowest BCUT2D eigenvalue weighted by molar-refractivity contribution is -0.385. The van der Waals surface area contributed by atoms with Gasteiger partial charge in [0.05, 0.1) is 4.92 Å². The summed E-state index contributed by atoms with van der Waals surface area (Å²) in [7, 11) is 0. The number of para-hydroxylation sites is 1. The fraction of sp³-hybridized carbons (Fsp3) is 0.500. The average molecular weight is 252 g/mol. The van der Waals surface area contributed by atoms with Crippen LogP contribution in [0.2, 0.25) is 0 Å². The largest absolute Gasteiger partial charge is 0.316 e. The molecule has 0 radical (unpaired) electrons. The molecule has 1 N–H and O–H groups in total. The SMILES string of the molecule is O=[N+]([O-])c1ccccc1CCSCC1CNC1. The Bertz CT molecular complexity index is 394. The number of hydrogen-bond acceptors (Lipinski definition) is 4. The first-order valence-corrected chi connectivity index (χ1v) is 6.93. The van der Waals surface area contributed by atoms with Crippen molar-refractivity contribution in [3.63, 3.8) is 0 Å². The van der Waals surface area contributed by atoms with Gasteiger partial charge in [0.2, 0.25) is 0 Å². The third-order valence-corrected chi connectivity index (χ3v) is 4.12. The van der Waals surface area contributed by atoms with Crippen LogP contribution in [0.25, 0.3) is 0 Å². The molecule has 0 saturated carbocycles. The highest BCUT2D eigenvalue weighted by Crippen LogP contribution is 2.20. The number of aryl methyl sites for hydroxylation is 1. The van der Waals surface area contributed by atoms with E-state index in [1.807, 2.05) is 23.9 Å². The maximum atomic E-state index is 10.8. The van der Waals surface area contributed by atoms with Gasteiger partial charge in [0, 0.05) is 11.6 Å². The molecule has 5 heteroatoms. The normalized spacial score (nSPS) is 15.5. The van der Waals surface area contributed by atoms with Crippen molar-refractivity contribution in [3.05, 3.63) is 39.9 Å². The number of benzene rings is 1. The smallest absolute Gasteiger partial charge is 0.272 e. The van der Waals surface area contributed by atoms with Crippen LogP contribution in [0.15, 0.2) is 24.3 Å². The van der Waals surface area contributed by atoms with Crippen LogP contribution in [0.1, 0.15) is 5.56 Å². The predicted molar refractivity (Wildman–Crippen MR) is 70.5 cm³/mol. The lowest BCUT2D eigenvalue weighted by Crippen LogP contribution is -2.43. The molecule has 1 saturated heterocycles. The Kier molecular flexibility index (Phi) is 4.39. The van der Waals surface area contributed by atoms with Gasteiger partial charge >= 0.3 is 0 Å². The number of hydrogen-bond donors (Lipinski definition) is 1. The standard InChI is InChI=1S/C12H16N2O2S/c15-14(16)12-4-2-1-3-11(12)5-6-17-9-10-7-13-8-10/h1-4,10,13H,5-9H2. The quantitative estimate of drug-likeness (QED) is 0.478. The van der Waals surface area contributed by atoms with Crippen LogP contribution in [0, 0.1) is 16.0 Å². The summed E-state index contributed by atoms with van der Waals surface area (Å²) in [5.41, 5.74) is 1.09. The van der Waals surface area contributed by atoms with E-state index < -0.39 is 0 Å². The molecule has 1 heterocycles. The molecule has 0 amide bonds. The minimum Gasteiger partial charge on any atom is -0.316 e. The van der Waals surface area contributed by atoms with E-state index in [9.17, 15) is 10.1 Å². The van der Waals surface area contributed by atoms with E-state index in [1.165, 1.54) is 0 Å². The molecular weight excluding hydrogens is 236 g/mol. The number of nitrogens with zero attached hydrogens (tertiary/aromatic N) is 1. The predicted octanol–water partition coefficient (Wildman–Crippen LogP) is 2.09. The minimum atomic E-state index is -0.296. The van der Waals surface area contributed by atoms with Gasteiger partial charge in [-0.3, -0.25) is 10.1 Å². The monoisotopic (exact) mass is 252 g/mol. The van der Waals surface area contributed by atoms with Gasteiger partial charge in [-0.05, 0) is 36.9 Å². The summed E-state index contributed by atoms with van der Waals surface area (Å²) in [5, 5.41) is 14.0. The zero-order valence-electron chi connectivity index (χ0n) is 9.59. The van der Waals surface area contributed by atoms with Crippen LogP contribution in [-0.4, -0.2) is 29.5 Å². The van der Waals surface area contributed by atoms with Crippen LogP contribution >= 0.6 is 11.8 Å². The van der Waals surface area contributed by atoms with Gasteiger partial charge in [0.25, 0.3) is 5.69 Å². The maximum absolute atomic E-state index is 10.8. The van der Waals surface area contributed by atoms with Gasteiger partial charge in [-0.25, -0.2) is 0 Å². The summed E-state index contributed by atoms with van der Waals surface area (Å²) in [6.07, 6.45) is 0.780. The van der Waals surface area contributed by atoms with Crippen molar-refractivity contribution in [2.45, 2.75) is 6.42 Å². The average Bonchev–Trinajstić information content (AvgIpc) is 2.26. The van der Waals surface area contributed by atoms with E-state index in [4.69, 9.17) is 0 Å². The Balaban J connectivity index is 1.79. The Morgan fingerprint density at radius 2 is 2.18 bits per heavy atom. The van der Waals surface area contributed by atoms with Crippen LogP contribution < -0.4 is 5.32 Å². The summed E-state index contributed by atoms with van der Waals surface area (Å²) >= 11 is 1.89. The molecule has 1 aromatic rings. The van der Waals surface area contributed by atoms with Crippen LogP contribution in [0.5, 0.6) is 0 Å². The molecule has 2 rings (SSSR count). The van der Waals surface area contributed by atoms with Crippen molar-refractivity contribution >= 4 is 17.4 Å². The molecule has 17 heavy (non-hydrogen) atoms. The lowest BCUT2D eigenvalue weighted by atomic mass is 10.1. The van der Waals surface area contributed by atoms with Crippen molar-refractivity contribution in [1.82, 2.24) is 5.32 Å². The highest BCUT2D eigenvalue weighted by Gasteiger charge is 2.16. The second kappa shape index (κ2) is 6.02. The summed E-state index contributed by atoms with van der Waals surface area (Å²) in [6.45, 7) is 2.25. The molecule has 1 aliphatic rings. The number of nitro groups is 1. The first-order chi connectivity index (χ1) is 8.27. The van der Waals surface area contributed by atoms with E-state index in [0.29, 0.717) is 0 Å². The zero-order chi connectivity index (χ0) is 12.1. The fourth-order valence-electron chi connectivity index (χ4n) is 1.80. The second-order valence-electron chi connectivity index (χ2n) is 4.24. The van der Waals surface area contributed by atoms with Crippen molar-refractivity contribution in [2.24, 2.45) is 5.92 Å². The number of nitro benzene ring substituents is 1. The molecule has 0 aromatic heterocycles. The first kappa shape index (κ1) is 12.4. The highest BCUT2D eigenvalue weighted by atomic mass is 32.2. The Morgan fingerprint density at radius 1 is 1.41 bits per heavy atom. The van der Waals surface area contributed by atoms with Crippen molar-refractivity contribution in [3.8, 4) is 0 Å². The summed E-state index contributed by atoms with van der Waals surface area (Å²) in [6, 6.07) is 7.01. The molecule has 0 spiro atoms. The van der Waals surface area contributed by atoms with Crippen molar-refractivity contribution in [1.29, 1.82) is 0 Å². The molecule has 0 bridgehead atoms. The maximum Gasteiger partial charge on any atom is 0.272 e. The molecule has 0 aliphatic carbocycles. The third-order valence-electron chi connectivity index (χ3n) is 2.92. The van der Waals surface area contributed by atoms with Crippen molar-refractivity contribution in [2.75, 3.05) is 24.6 Å². The first-order valence-electron chi connectivity index (χ1n) is 5.78. The van der Waals surface area contributed by atoms with Gasteiger partial charge in [-0.2, -0.15) is 11.8 Å². The summed E-state index contributed by atoms with van der Waals surface area (Å²) in [5.74, 6) is 2.92. The Hall–Kier alpha value is -1.07. The zero-order valence-corrected chi connectivity index (χ0v) is 10.4. The second-order valence-corrected chi connectivity index (χ2v) is 5.38. The lowest BCUT2D eigenvalue weighted by Gasteiger charge is -2.26. The van der Waals surface area contributed by atoms with E-state index in [2.05, 4.69) is 5.32 Å². The van der Waals surface area contributed by atoms with Crippen LogP contribution in [0.3, 0.4) is 0 Å². The van der Waals surface area contributed by atoms with Gasteiger partial charge in [-0.15, -0.1) is 0 Å². The van der Waals surface area contributed by atoms with Crippen molar-refractivity contribution < 1.29 is 4.92 Å². The van der Waals surface area contributed by atoms with Crippen LogP contribution in [0.4, 0.5) is 5.69 Å². The van der Waals surface area contributed by atoms with Gasteiger partial charge in [0.15, 0.2) is 0 Å². The van der Waals surface area contributed by atoms with Gasteiger partial charge in [0.1, 0.15) is 0 Å². The van der Waals surface area contributed by atoms with E-state index in [-0.39, 0.29) is 10.6 Å². The summed E-state index contributed by atoms with van der Waals surface area (Å²) < 4.78 is 0. The third kappa shape index (κ3) is 3.44. The van der Waals surface area contributed by atoms with E-state index in [0.717, 1.165) is 42.5 Å². The molecule has 0 unspecified atom stereocenters. The number of thioether (sulfide) groups is 1.